The van der Waals surface area contributed by atoms with Crippen molar-refractivity contribution < 1.29 is 14.7 Å². The Morgan fingerprint density at radius 3 is 2.31 bits per heavy atom. The molecule has 0 bridgehead atoms. The lowest BCUT2D eigenvalue weighted by molar-refractivity contribution is 0.0697. The summed E-state index contributed by atoms with van der Waals surface area (Å²) in [4.78, 5) is 33.2. The summed E-state index contributed by atoms with van der Waals surface area (Å²) in [6.07, 6.45) is 14.5. The van der Waals surface area contributed by atoms with Gasteiger partial charge in [-0.05, 0) is 81.5 Å². The number of carbonyl (C=O) groups excluding carboxylic acids is 1. The van der Waals surface area contributed by atoms with Crippen molar-refractivity contribution in [1.82, 2.24) is 14.7 Å². The average Bonchev–Trinajstić information content (AvgIpc) is 3.09. The first-order chi connectivity index (χ1) is 17.0. The molecule has 3 saturated heterocycles. The molecular formula is C28H36N4O3. The van der Waals surface area contributed by atoms with Gasteiger partial charge in [-0.15, -0.1) is 0 Å². The third-order valence-corrected chi connectivity index (χ3v) is 7.97. The molecule has 4 aliphatic rings. The fraction of sp³-hybridized carbons (Fsp3) is 0.500. The van der Waals surface area contributed by atoms with E-state index >= 15 is 0 Å². The van der Waals surface area contributed by atoms with E-state index in [-0.39, 0.29) is 11.6 Å². The zero-order valence-electron chi connectivity index (χ0n) is 20.6. The summed E-state index contributed by atoms with van der Waals surface area (Å²) in [7, 11) is 0. The lowest BCUT2D eigenvalue weighted by Crippen LogP contribution is -2.47. The van der Waals surface area contributed by atoms with Gasteiger partial charge in [-0.1, -0.05) is 25.1 Å². The molecule has 0 spiro atoms. The van der Waals surface area contributed by atoms with Crippen LogP contribution in [0.15, 0.2) is 60.0 Å². The number of likely N-dealkylation sites (tertiary alicyclic amines) is 2. The number of aromatic carboxylic acids is 1. The van der Waals surface area contributed by atoms with Gasteiger partial charge in [0, 0.05) is 49.3 Å². The highest BCUT2D eigenvalue weighted by molar-refractivity contribution is 5.97. The Hall–Kier alpha value is -3.06. The van der Waals surface area contributed by atoms with Gasteiger partial charge in [0.1, 0.15) is 0 Å². The van der Waals surface area contributed by atoms with E-state index in [2.05, 4.69) is 41.0 Å². The molecule has 1 N–H and O–H groups in total. The number of hydrogen-bond donors (Lipinski definition) is 1. The third-order valence-electron chi connectivity index (χ3n) is 7.97. The van der Waals surface area contributed by atoms with Crippen molar-refractivity contribution in [3.05, 3.63) is 65.5 Å². The molecular weight excluding hydrogens is 440 g/mol. The number of piperidine rings is 2. The minimum Gasteiger partial charge on any atom is -0.478 e. The molecule has 0 radical (unpaired) electrons. The van der Waals surface area contributed by atoms with Crippen LogP contribution in [-0.4, -0.2) is 77.1 Å². The monoisotopic (exact) mass is 476 g/mol. The molecule has 7 nitrogen and oxygen atoms in total. The largest absolute Gasteiger partial charge is 0.478 e. The first-order valence-corrected chi connectivity index (χ1v) is 13.0. The molecule has 3 fully saturated rings. The van der Waals surface area contributed by atoms with E-state index < -0.39 is 5.97 Å². The van der Waals surface area contributed by atoms with E-state index in [1.165, 1.54) is 44.5 Å². The molecule has 0 saturated carbocycles. The zero-order valence-corrected chi connectivity index (χ0v) is 20.6. The number of carbonyl (C=O) groups is 2. The van der Waals surface area contributed by atoms with Gasteiger partial charge in [-0.3, -0.25) is 9.80 Å². The highest BCUT2D eigenvalue weighted by Crippen LogP contribution is 2.28. The lowest BCUT2D eigenvalue weighted by atomic mass is 9.95. The number of amides is 2. The Kier molecular flexibility index (Phi) is 6.95. The standard InChI is InChI=1S/C28H36N4O3/c1-21-10-14-29(15-11-21)24-12-16-30(17-13-24)23-5-3-6-25(9-8-23)31-18-19-32(28(31)35)26-7-2-4-22(20-26)27(33)34/h2,4-9,20-21,24H,3,10-19H2,1H3,(H,33,34). The number of hydrogen-bond acceptors (Lipinski definition) is 4. The van der Waals surface area contributed by atoms with Crippen molar-refractivity contribution in [3.63, 3.8) is 0 Å². The van der Waals surface area contributed by atoms with E-state index in [1.54, 1.807) is 34.1 Å². The molecule has 186 valence electrons. The number of urea groups is 1. The van der Waals surface area contributed by atoms with Crippen molar-refractivity contribution in [2.24, 2.45) is 5.92 Å². The SMILES string of the molecule is CC1CCN(C2CCN(C3=CCC=C(N4CCN(c5cccc(C(=O)O)c5)C4=O)C=C3)CC2)CC1. The van der Waals surface area contributed by atoms with Crippen LogP contribution in [0.4, 0.5) is 10.5 Å². The number of benzene rings is 1. The van der Waals surface area contributed by atoms with Crippen molar-refractivity contribution in [2.45, 2.75) is 45.1 Å². The average molecular weight is 477 g/mol. The first-order valence-electron chi connectivity index (χ1n) is 13.0. The number of rotatable bonds is 5. The van der Waals surface area contributed by atoms with Gasteiger partial charge in [0.05, 0.1) is 5.56 Å². The Morgan fingerprint density at radius 2 is 1.57 bits per heavy atom. The molecule has 0 aromatic heterocycles. The van der Waals surface area contributed by atoms with Gasteiger partial charge in [0.25, 0.3) is 0 Å². The van der Waals surface area contributed by atoms with Gasteiger partial charge < -0.3 is 14.9 Å². The van der Waals surface area contributed by atoms with E-state index in [0.29, 0.717) is 18.8 Å². The first kappa shape index (κ1) is 23.7. The molecule has 1 aromatic rings. The smallest absolute Gasteiger partial charge is 0.335 e. The van der Waals surface area contributed by atoms with Gasteiger partial charge in [-0.25, -0.2) is 9.59 Å². The molecule has 0 unspecified atom stereocenters. The fourth-order valence-electron chi connectivity index (χ4n) is 5.75. The topological polar surface area (TPSA) is 67.3 Å². The maximum absolute atomic E-state index is 13.2. The van der Waals surface area contributed by atoms with Crippen LogP contribution in [0.3, 0.4) is 0 Å². The minimum atomic E-state index is -0.988. The highest BCUT2D eigenvalue weighted by Gasteiger charge is 2.32. The van der Waals surface area contributed by atoms with Gasteiger partial charge >= 0.3 is 12.0 Å². The van der Waals surface area contributed by atoms with Crippen LogP contribution < -0.4 is 4.90 Å². The van der Waals surface area contributed by atoms with Gasteiger partial charge in [0.2, 0.25) is 0 Å². The summed E-state index contributed by atoms with van der Waals surface area (Å²) in [5.41, 5.74) is 2.98. The van der Waals surface area contributed by atoms with Crippen LogP contribution in [-0.2, 0) is 0 Å². The van der Waals surface area contributed by atoms with Crippen molar-refractivity contribution in [2.75, 3.05) is 44.2 Å². The van der Waals surface area contributed by atoms with Crippen molar-refractivity contribution >= 4 is 17.7 Å². The molecule has 7 heteroatoms. The van der Waals surface area contributed by atoms with Crippen LogP contribution in [0, 0.1) is 5.92 Å². The zero-order chi connectivity index (χ0) is 24.4. The van der Waals surface area contributed by atoms with Gasteiger partial charge in [0.15, 0.2) is 0 Å². The number of nitrogens with zero attached hydrogens (tertiary/aromatic N) is 4. The number of anilines is 1. The van der Waals surface area contributed by atoms with E-state index in [1.807, 2.05) is 0 Å². The summed E-state index contributed by atoms with van der Waals surface area (Å²) >= 11 is 0. The van der Waals surface area contributed by atoms with Crippen molar-refractivity contribution in [1.29, 1.82) is 0 Å². The van der Waals surface area contributed by atoms with Crippen LogP contribution >= 0.6 is 0 Å². The second-order valence-electron chi connectivity index (χ2n) is 10.2. The van der Waals surface area contributed by atoms with Crippen LogP contribution in [0.2, 0.25) is 0 Å². The number of carboxylic acids is 1. The molecule has 5 rings (SSSR count). The van der Waals surface area contributed by atoms with E-state index in [4.69, 9.17) is 0 Å². The highest BCUT2D eigenvalue weighted by atomic mass is 16.4. The molecule has 0 atom stereocenters. The van der Waals surface area contributed by atoms with Gasteiger partial charge in [-0.2, -0.15) is 0 Å². The molecule has 3 aliphatic heterocycles. The summed E-state index contributed by atoms with van der Waals surface area (Å²) in [6, 6.07) is 7.20. The maximum atomic E-state index is 13.2. The molecule has 1 aliphatic carbocycles. The second-order valence-corrected chi connectivity index (χ2v) is 10.2. The van der Waals surface area contributed by atoms with Crippen LogP contribution in [0.5, 0.6) is 0 Å². The second kappa shape index (κ2) is 10.3. The normalized spacial score (nSPS) is 22.9. The minimum absolute atomic E-state index is 0.108. The fourth-order valence-corrected chi connectivity index (χ4v) is 5.75. The summed E-state index contributed by atoms with van der Waals surface area (Å²) < 4.78 is 0. The molecule has 3 heterocycles. The third kappa shape index (κ3) is 5.15. The quantitative estimate of drug-likeness (QED) is 0.675. The Labute approximate surface area is 208 Å². The molecule has 2 amide bonds. The summed E-state index contributed by atoms with van der Waals surface area (Å²) in [6.45, 7) is 8.17. The molecule has 1 aromatic carbocycles. The van der Waals surface area contributed by atoms with Crippen LogP contribution in [0.25, 0.3) is 0 Å². The predicted molar refractivity (Wildman–Crippen MR) is 137 cm³/mol. The Balaban J connectivity index is 1.18. The Morgan fingerprint density at radius 1 is 0.886 bits per heavy atom. The van der Waals surface area contributed by atoms with Crippen molar-refractivity contribution in [3.8, 4) is 0 Å². The van der Waals surface area contributed by atoms with E-state index in [0.717, 1.165) is 37.2 Å². The lowest BCUT2D eigenvalue weighted by Gasteiger charge is -2.42. The number of allylic oxidation sites excluding steroid dienone is 4. The van der Waals surface area contributed by atoms with Crippen LogP contribution in [0.1, 0.15) is 49.4 Å². The van der Waals surface area contributed by atoms with E-state index in [9.17, 15) is 14.7 Å². The predicted octanol–water partition coefficient (Wildman–Crippen LogP) is 4.55. The molecule has 35 heavy (non-hydrogen) atoms. The number of carboxylic acid groups (broad SMARTS) is 1. The summed E-state index contributed by atoms with van der Waals surface area (Å²) in [5.74, 6) is -0.114. The summed E-state index contributed by atoms with van der Waals surface area (Å²) in [5, 5.41) is 9.28. The Bertz CT molecular complexity index is 1050. The maximum Gasteiger partial charge on any atom is 0.335 e.